The highest BCUT2D eigenvalue weighted by Crippen LogP contribution is 2.38. The van der Waals surface area contributed by atoms with Crippen LogP contribution in [0.4, 0.5) is 4.79 Å². The van der Waals surface area contributed by atoms with Gasteiger partial charge in [0, 0.05) is 15.6 Å². The zero-order chi connectivity index (χ0) is 24.3. The van der Waals surface area contributed by atoms with Gasteiger partial charge in [0.1, 0.15) is 12.6 Å². The number of ether oxygens (including phenoxy) is 3. The summed E-state index contributed by atoms with van der Waals surface area (Å²) >= 11 is 15.0. The topological polar surface area (TPSA) is 82.1 Å². The summed E-state index contributed by atoms with van der Waals surface area (Å²) < 4.78 is 16.8. The Morgan fingerprint density at radius 1 is 1.21 bits per heavy atom. The van der Waals surface area contributed by atoms with Crippen molar-refractivity contribution in [3.05, 3.63) is 60.0 Å². The number of nitrogens with zero attached hydrogens (tertiary/aromatic N) is 1. The SMILES string of the molecule is COC(=O)[C@@H](C)N1C(=O)S/C(=C/c2cc(I)c(OCc3ccc(Cl)cc3Cl)c(OC)c2)C1=O. The van der Waals surface area contributed by atoms with Gasteiger partial charge < -0.3 is 14.2 Å². The van der Waals surface area contributed by atoms with Gasteiger partial charge in [0.25, 0.3) is 11.1 Å². The van der Waals surface area contributed by atoms with Crippen LogP contribution >= 0.6 is 57.6 Å². The second kappa shape index (κ2) is 11.0. The Morgan fingerprint density at radius 3 is 2.58 bits per heavy atom. The van der Waals surface area contributed by atoms with Gasteiger partial charge in [0.2, 0.25) is 0 Å². The van der Waals surface area contributed by atoms with E-state index < -0.39 is 23.2 Å². The van der Waals surface area contributed by atoms with Gasteiger partial charge in [0.05, 0.1) is 22.7 Å². The van der Waals surface area contributed by atoms with Gasteiger partial charge in [-0.2, -0.15) is 0 Å². The number of amides is 2. The highest BCUT2D eigenvalue weighted by Gasteiger charge is 2.41. The van der Waals surface area contributed by atoms with Crippen LogP contribution in [0.15, 0.2) is 35.2 Å². The molecule has 2 aromatic carbocycles. The minimum atomic E-state index is -1.02. The third kappa shape index (κ3) is 5.76. The molecule has 2 amide bonds. The van der Waals surface area contributed by atoms with Crippen LogP contribution in [0.5, 0.6) is 11.5 Å². The summed E-state index contributed by atoms with van der Waals surface area (Å²) in [5.74, 6) is -0.277. The standard InChI is InChI=1S/C22H18Cl2INO6S/c1-11(21(28)31-3)26-20(27)18(33-22(26)29)8-12-6-16(25)19(17(7-12)30-2)32-10-13-4-5-14(23)9-15(13)24/h4-9,11H,10H2,1-3H3/b18-8+/t11-/m1/s1. The highest BCUT2D eigenvalue weighted by molar-refractivity contribution is 14.1. The molecule has 0 N–H and O–H groups in total. The number of carbonyl (C=O) groups excluding carboxylic acids is 3. The van der Waals surface area contributed by atoms with Gasteiger partial charge in [-0.1, -0.05) is 29.3 Å². The van der Waals surface area contributed by atoms with Gasteiger partial charge in [-0.15, -0.1) is 0 Å². The second-order valence-electron chi connectivity index (χ2n) is 6.81. The number of esters is 1. The third-order valence-electron chi connectivity index (χ3n) is 4.69. The number of rotatable bonds is 7. The van der Waals surface area contributed by atoms with Crippen molar-refractivity contribution in [2.75, 3.05) is 14.2 Å². The average Bonchev–Trinajstić information content (AvgIpc) is 3.05. The molecule has 1 heterocycles. The van der Waals surface area contributed by atoms with E-state index in [0.717, 1.165) is 25.8 Å². The van der Waals surface area contributed by atoms with Crippen LogP contribution in [-0.4, -0.2) is 42.3 Å². The molecule has 7 nitrogen and oxygen atoms in total. The molecule has 3 rings (SSSR count). The predicted molar refractivity (Wildman–Crippen MR) is 136 cm³/mol. The lowest BCUT2D eigenvalue weighted by molar-refractivity contribution is -0.148. The van der Waals surface area contributed by atoms with Crippen LogP contribution in [0.25, 0.3) is 6.08 Å². The van der Waals surface area contributed by atoms with Crippen molar-refractivity contribution in [1.82, 2.24) is 4.90 Å². The molecule has 0 aliphatic carbocycles. The lowest BCUT2D eigenvalue weighted by Crippen LogP contribution is -2.42. The van der Waals surface area contributed by atoms with E-state index in [9.17, 15) is 14.4 Å². The van der Waals surface area contributed by atoms with E-state index in [1.165, 1.54) is 21.1 Å². The first-order valence-electron chi connectivity index (χ1n) is 9.45. The average molecular weight is 622 g/mol. The van der Waals surface area contributed by atoms with Gasteiger partial charge >= 0.3 is 5.97 Å². The molecule has 174 valence electrons. The van der Waals surface area contributed by atoms with Crippen LogP contribution in [0.2, 0.25) is 10.0 Å². The summed E-state index contributed by atoms with van der Waals surface area (Å²) in [7, 11) is 2.70. The molecule has 1 fully saturated rings. The molecule has 0 unspecified atom stereocenters. The van der Waals surface area contributed by atoms with Crippen LogP contribution in [0.1, 0.15) is 18.1 Å². The molecular formula is C22H18Cl2INO6S. The number of thioether (sulfide) groups is 1. The van der Waals surface area contributed by atoms with Gasteiger partial charge in [-0.3, -0.25) is 14.5 Å². The van der Waals surface area contributed by atoms with Crippen LogP contribution < -0.4 is 9.47 Å². The van der Waals surface area contributed by atoms with Crippen LogP contribution in [0, 0.1) is 3.57 Å². The molecule has 0 bridgehead atoms. The first kappa shape index (κ1) is 25.7. The Morgan fingerprint density at radius 2 is 1.94 bits per heavy atom. The molecule has 0 radical (unpaired) electrons. The Balaban J connectivity index is 1.84. The molecule has 1 aliphatic rings. The Bertz CT molecular complexity index is 1160. The third-order valence-corrected chi connectivity index (χ3v) is 6.96. The Hall–Kier alpha value is -1.95. The normalized spacial score (nSPS) is 15.7. The quantitative estimate of drug-likeness (QED) is 0.220. The lowest BCUT2D eigenvalue weighted by Gasteiger charge is -2.18. The summed E-state index contributed by atoms with van der Waals surface area (Å²) in [6.45, 7) is 1.64. The molecule has 0 spiro atoms. The summed E-state index contributed by atoms with van der Waals surface area (Å²) in [6.07, 6.45) is 1.57. The molecule has 0 saturated carbocycles. The fourth-order valence-electron chi connectivity index (χ4n) is 2.99. The second-order valence-corrected chi connectivity index (χ2v) is 9.81. The maximum Gasteiger partial charge on any atom is 0.328 e. The fraction of sp³-hybridized carbons (Fsp3) is 0.227. The van der Waals surface area contributed by atoms with Crippen molar-refractivity contribution >= 4 is 80.7 Å². The first-order valence-corrected chi connectivity index (χ1v) is 12.1. The highest BCUT2D eigenvalue weighted by atomic mass is 127. The maximum atomic E-state index is 12.7. The number of imide groups is 1. The van der Waals surface area contributed by atoms with Crippen molar-refractivity contribution in [2.45, 2.75) is 19.6 Å². The lowest BCUT2D eigenvalue weighted by atomic mass is 10.1. The van der Waals surface area contributed by atoms with Crippen molar-refractivity contribution in [1.29, 1.82) is 0 Å². The summed E-state index contributed by atoms with van der Waals surface area (Å²) in [6, 6.07) is 7.62. The summed E-state index contributed by atoms with van der Waals surface area (Å²) in [5, 5.41) is 0.487. The smallest absolute Gasteiger partial charge is 0.328 e. The van der Waals surface area contributed by atoms with Crippen molar-refractivity contribution in [3.8, 4) is 11.5 Å². The minimum Gasteiger partial charge on any atom is -0.493 e. The number of methoxy groups -OCH3 is 2. The zero-order valence-corrected chi connectivity index (χ0v) is 22.2. The van der Waals surface area contributed by atoms with Crippen LogP contribution in [0.3, 0.4) is 0 Å². The minimum absolute atomic E-state index is 0.190. The van der Waals surface area contributed by atoms with E-state index >= 15 is 0 Å². The van der Waals surface area contributed by atoms with Gasteiger partial charge in [-0.05, 0) is 77.2 Å². The van der Waals surface area contributed by atoms with Gasteiger partial charge in [0.15, 0.2) is 11.5 Å². The largest absolute Gasteiger partial charge is 0.493 e. The fourth-order valence-corrected chi connectivity index (χ4v) is 5.15. The van der Waals surface area contributed by atoms with E-state index in [-0.39, 0.29) is 11.5 Å². The van der Waals surface area contributed by atoms with Gasteiger partial charge in [-0.25, -0.2) is 4.79 Å². The van der Waals surface area contributed by atoms with E-state index in [0.29, 0.717) is 27.1 Å². The van der Waals surface area contributed by atoms with Crippen molar-refractivity contribution in [2.24, 2.45) is 0 Å². The monoisotopic (exact) mass is 621 g/mol. The van der Waals surface area contributed by atoms with E-state index in [2.05, 4.69) is 27.3 Å². The molecule has 1 atom stereocenters. The number of benzene rings is 2. The Labute approximate surface area is 218 Å². The van der Waals surface area contributed by atoms with E-state index in [1.54, 1.807) is 36.4 Å². The molecular weight excluding hydrogens is 604 g/mol. The number of hydrogen-bond acceptors (Lipinski definition) is 7. The number of halogens is 3. The van der Waals surface area contributed by atoms with Crippen molar-refractivity contribution < 1.29 is 28.6 Å². The zero-order valence-electron chi connectivity index (χ0n) is 17.7. The molecule has 0 aromatic heterocycles. The predicted octanol–water partition coefficient (Wildman–Crippen LogP) is 5.78. The van der Waals surface area contributed by atoms with Crippen LogP contribution in [-0.2, 0) is 20.9 Å². The van der Waals surface area contributed by atoms with Crippen molar-refractivity contribution in [3.63, 3.8) is 0 Å². The maximum absolute atomic E-state index is 12.7. The molecule has 1 saturated heterocycles. The molecule has 2 aromatic rings. The first-order chi connectivity index (χ1) is 15.7. The summed E-state index contributed by atoms with van der Waals surface area (Å²) in [4.78, 5) is 37.9. The number of carbonyl (C=O) groups is 3. The van der Waals surface area contributed by atoms with E-state index in [4.69, 9.17) is 32.7 Å². The molecule has 11 heteroatoms. The summed E-state index contributed by atoms with van der Waals surface area (Å²) in [5.41, 5.74) is 1.39. The Kier molecular flexibility index (Phi) is 8.54. The molecule has 1 aliphatic heterocycles. The van der Waals surface area contributed by atoms with E-state index in [1.807, 2.05) is 0 Å². The molecule has 33 heavy (non-hydrogen) atoms. The number of hydrogen-bond donors (Lipinski definition) is 0.